The zero-order valence-electron chi connectivity index (χ0n) is 16.3. The second kappa shape index (κ2) is 8.59. The quantitative estimate of drug-likeness (QED) is 0.807. The minimum atomic E-state index is -0.786. The van der Waals surface area contributed by atoms with E-state index in [1.165, 1.54) is 25.9 Å². The fraction of sp³-hybridized carbons (Fsp3) is 0.900. The van der Waals surface area contributed by atoms with Crippen LogP contribution in [0.15, 0.2) is 0 Å². The second-order valence-electron chi connectivity index (χ2n) is 8.95. The first-order valence-electron chi connectivity index (χ1n) is 10.4. The molecule has 2 unspecified atom stereocenters. The Hall–Kier alpha value is -1.30. The van der Waals surface area contributed by atoms with Gasteiger partial charge < -0.3 is 20.2 Å². The minimum Gasteiger partial charge on any atom is -0.481 e. The minimum absolute atomic E-state index is 0.0713. The van der Waals surface area contributed by atoms with E-state index in [1.54, 1.807) is 4.90 Å². The van der Waals surface area contributed by atoms with E-state index in [0.717, 1.165) is 31.6 Å². The number of amides is 2. The van der Waals surface area contributed by atoms with Gasteiger partial charge in [-0.25, -0.2) is 4.79 Å². The number of carboxylic acids is 1. The molecule has 3 fully saturated rings. The molecule has 2 heterocycles. The fourth-order valence-corrected chi connectivity index (χ4v) is 4.94. The number of carboxylic acid groups (broad SMARTS) is 1. The number of hydrogen-bond donors (Lipinski definition) is 2. The number of nitrogens with one attached hydrogen (secondary N) is 1. The Kier molecular flexibility index (Phi) is 6.43. The zero-order valence-corrected chi connectivity index (χ0v) is 16.3. The number of rotatable bonds is 3. The Morgan fingerprint density at radius 3 is 2.19 bits per heavy atom. The summed E-state index contributed by atoms with van der Waals surface area (Å²) in [5.41, 5.74) is 0. The monoisotopic (exact) mass is 365 g/mol. The summed E-state index contributed by atoms with van der Waals surface area (Å²) in [4.78, 5) is 28.3. The molecule has 6 nitrogen and oxygen atoms in total. The van der Waals surface area contributed by atoms with Crippen LogP contribution in [0.5, 0.6) is 0 Å². The number of hydrogen-bond acceptors (Lipinski definition) is 3. The Bertz CT molecular complexity index is 497. The Morgan fingerprint density at radius 1 is 0.923 bits per heavy atom. The third-order valence-electron chi connectivity index (χ3n) is 6.66. The first kappa shape index (κ1) is 19.5. The third kappa shape index (κ3) is 4.90. The summed E-state index contributed by atoms with van der Waals surface area (Å²) in [6.07, 6.45) is 7.69. The Labute approximate surface area is 157 Å². The first-order chi connectivity index (χ1) is 12.4. The molecule has 2 amide bonds. The van der Waals surface area contributed by atoms with E-state index in [0.29, 0.717) is 25.6 Å². The number of urea groups is 1. The second-order valence-corrected chi connectivity index (χ2v) is 8.95. The van der Waals surface area contributed by atoms with Crippen molar-refractivity contribution in [3.05, 3.63) is 0 Å². The first-order valence-corrected chi connectivity index (χ1v) is 10.4. The molecule has 2 aliphatic heterocycles. The molecule has 3 aliphatic rings. The van der Waals surface area contributed by atoms with Gasteiger partial charge >= 0.3 is 12.0 Å². The molecule has 3 rings (SSSR count). The molecule has 2 saturated heterocycles. The maximum Gasteiger partial charge on any atom is 0.317 e. The summed E-state index contributed by atoms with van der Waals surface area (Å²) in [7, 11) is 0. The van der Waals surface area contributed by atoms with Crippen molar-refractivity contribution in [2.24, 2.45) is 17.8 Å². The topological polar surface area (TPSA) is 72.9 Å². The number of nitrogens with zero attached hydrogens (tertiary/aromatic N) is 2. The predicted octanol–water partition coefficient (Wildman–Crippen LogP) is 2.78. The largest absolute Gasteiger partial charge is 0.481 e. The summed E-state index contributed by atoms with van der Waals surface area (Å²) >= 11 is 0. The van der Waals surface area contributed by atoms with Crippen molar-refractivity contribution in [2.45, 2.75) is 70.9 Å². The third-order valence-corrected chi connectivity index (χ3v) is 6.66. The normalized spacial score (nSPS) is 34.5. The average molecular weight is 366 g/mol. The van der Waals surface area contributed by atoms with Crippen molar-refractivity contribution < 1.29 is 14.7 Å². The van der Waals surface area contributed by atoms with Crippen LogP contribution in [0.1, 0.15) is 58.8 Å². The number of carbonyl (C=O) groups is 2. The molecule has 26 heavy (non-hydrogen) atoms. The van der Waals surface area contributed by atoms with E-state index in [2.05, 4.69) is 17.1 Å². The lowest BCUT2D eigenvalue weighted by Gasteiger charge is -2.41. The van der Waals surface area contributed by atoms with Gasteiger partial charge in [0.15, 0.2) is 0 Å². The smallest absolute Gasteiger partial charge is 0.317 e. The van der Waals surface area contributed by atoms with Crippen molar-refractivity contribution in [3.63, 3.8) is 0 Å². The van der Waals surface area contributed by atoms with Crippen LogP contribution in [0.25, 0.3) is 0 Å². The molecule has 0 aromatic heterocycles. The van der Waals surface area contributed by atoms with Crippen LogP contribution < -0.4 is 5.32 Å². The Morgan fingerprint density at radius 2 is 1.58 bits per heavy atom. The van der Waals surface area contributed by atoms with E-state index < -0.39 is 11.9 Å². The summed E-state index contributed by atoms with van der Waals surface area (Å²) in [6, 6.07) is 0.850. The van der Waals surface area contributed by atoms with Gasteiger partial charge in [0, 0.05) is 25.2 Å². The number of piperidine rings is 2. The lowest BCUT2D eigenvalue weighted by Crippen LogP contribution is -2.53. The van der Waals surface area contributed by atoms with Crippen molar-refractivity contribution >= 4 is 12.0 Å². The lowest BCUT2D eigenvalue weighted by atomic mass is 9.88. The summed E-state index contributed by atoms with van der Waals surface area (Å²) in [5.74, 6) is -0.108. The van der Waals surface area contributed by atoms with E-state index in [-0.39, 0.29) is 18.0 Å². The SMILES string of the molecule is CC1CCN(C2CCC(NC(=O)N3CC(C)CC(C(=O)O)C3)CC2)CC1. The highest BCUT2D eigenvalue weighted by Gasteiger charge is 2.34. The maximum atomic E-state index is 12.6. The molecule has 0 bridgehead atoms. The molecule has 1 saturated carbocycles. The van der Waals surface area contributed by atoms with Crippen molar-refractivity contribution in [2.75, 3.05) is 26.2 Å². The summed E-state index contributed by atoms with van der Waals surface area (Å²) in [6.45, 7) is 7.83. The summed E-state index contributed by atoms with van der Waals surface area (Å²) < 4.78 is 0. The highest BCUT2D eigenvalue weighted by atomic mass is 16.4. The van der Waals surface area contributed by atoms with Crippen LogP contribution >= 0.6 is 0 Å². The molecule has 6 heteroatoms. The molecule has 2 atom stereocenters. The van der Waals surface area contributed by atoms with Gasteiger partial charge in [-0.2, -0.15) is 0 Å². The van der Waals surface area contributed by atoms with Crippen LogP contribution in [0.2, 0.25) is 0 Å². The highest BCUT2D eigenvalue weighted by Crippen LogP contribution is 2.28. The van der Waals surface area contributed by atoms with Crippen LogP contribution in [-0.4, -0.2) is 65.2 Å². The molecule has 0 aromatic carbocycles. The van der Waals surface area contributed by atoms with Gasteiger partial charge in [-0.05, 0) is 69.9 Å². The summed E-state index contributed by atoms with van der Waals surface area (Å²) in [5, 5.41) is 12.5. The van der Waals surface area contributed by atoms with Gasteiger partial charge in [-0.15, -0.1) is 0 Å². The molecule has 1 aliphatic carbocycles. The van der Waals surface area contributed by atoms with Gasteiger partial charge in [0.1, 0.15) is 0 Å². The Balaban J connectivity index is 1.44. The van der Waals surface area contributed by atoms with Gasteiger partial charge in [-0.3, -0.25) is 4.79 Å². The number of aliphatic carboxylic acids is 1. The molecule has 148 valence electrons. The molecule has 2 N–H and O–H groups in total. The van der Waals surface area contributed by atoms with Crippen LogP contribution in [0.4, 0.5) is 4.79 Å². The number of carbonyl (C=O) groups excluding carboxylic acids is 1. The lowest BCUT2D eigenvalue weighted by molar-refractivity contribution is -0.143. The van der Waals surface area contributed by atoms with Crippen molar-refractivity contribution in [1.82, 2.24) is 15.1 Å². The predicted molar refractivity (Wildman–Crippen MR) is 101 cm³/mol. The van der Waals surface area contributed by atoms with Crippen LogP contribution in [0.3, 0.4) is 0 Å². The molecule has 0 aromatic rings. The highest BCUT2D eigenvalue weighted by molar-refractivity contribution is 5.76. The van der Waals surface area contributed by atoms with E-state index >= 15 is 0 Å². The van der Waals surface area contributed by atoms with Crippen LogP contribution in [0, 0.1) is 17.8 Å². The fourth-order valence-electron chi connectivity index (χ4n) is 4.94. The van der Waals surface area contributed by atoms with Gasteiger partial charge in [-0.1, -0.05) is 13.8 Å². The van der Waals surface area contributed by atoms with E-state index in [1.807, 2.05) is 6.92 Å². The average Bonchev–Trinajstić information content (AvgIpc) is 2.62. The molecule has 0 radical (unpaired) electrons. The van der Waals surface area contributed by atoms with Crippen molar-refractivity contribution in [1.29, 1.82) is 0 Å². The van der Waals surface area contributed by atoms with Gasteiger partial charge in [0.25, 0.3) is 0 Å². The molecular formula is C20H35N3O3. The standard InChI is InChI=1S/C20H35N3O3/c1-14-7-9-22(10-8-14)18-5-3-17(4-6-18)21-20(26)23-12-15(2)11-16(13-23)19(24)25/h14-18H,3-13H2,1-2H3,(H,21,26)(H,24,25). The van der Waals surface area contributed by atoms with E-state index in [4.69, 9.17) is 0 Å². The van der Waals surface area contributed by atoms with Crippen molar-refractivity contribution in [3.8, 4) is 0 Å². The maximum absolute atomic E-state index is 12.6. The van der Waals surface area contributed by atoms with Gasteiger partial charge in [0.05, 0.1) is 5.92 Å². The zero-order chi connectivity index (χ0) is 18.7. The van der Waals surface area contributed by atoms with E-state index in [9.17, 15) is 14.7 Å². The van der Waals surface area contributed by atoms with Gasteiger partial charge in [0.2, 0.25) is 0 Å². The van der Waals surface area contributed by atoms with Crippen LogP contribution in [-0.2, 0) is 4.79 Å². The molecular weight excluding hydrogens is 330 g/mol. The number of likely N-dealkylation sites (tertiary alicyclic amines) is 2. The molecule has 0 spiro atoms.